The summed E-state index contributed by atoms with van der Waals surface area (Å²) in [5.41, 5.74) is 6.31. The molecule has 1 aromatic carbocycles. The van der Waals surface area contributed by atoms with E-state index < -0.39 is 0 Å². The van der Waals surface area contributed by atoms with E-state index in [9.17, 15) is 4.39 Å². The normalized spacial score (nSPS) is 10.7. The van der Waals surface area contributed by atoms with Crippen LogP contribution in [0, 0.1) is 5.82 Å². The van der Waals surface area contributed by atoms with Crippen LogP contribution in [0.15, 0.2) is 18.2 Å². The number of aromatic nitrogens is 3. The molecule has 0 aliphatic rings. The molecule has 0 unspecified atom stereocenters. The monoisotopic (exact) mass is 264 g/mol. The maximum absolute atomic E-state index is 13.6. The molecule has 2 N–H and O–H groups in total. The molecule has 0 bridgehead atoms. The second-order valence-electron chi connectivity index (χ2n) is 4.25. The van der Waals surface area contributed by atoms with E-state index in [1.807, 2.05) is 7.05 Å². The summed E-state index contributed by atoms with van der Waals surface area (Å²) in [5, 5.41) is 4.29. The SMILES string of the molecule is COc1ccc(Cc2nc(CCN)n(C)n2)cc1F. The first-order chi connectivity index (χ1) is 9.13. The van der Waals surface area contributed by atoms with Crippen LogP contribution in [0.5, 0.6) is 5.75 Å². The smallest absolute Gasteiger partial charge is 0.165 e. The molecule has 0 amide bonds. The van der Waals surface area contributed by atoms with E-state index in [-0.39, 0.29) is 11.6 Å². The molecular weight excluding hydrogens is 247 g/mol. The summed E-state index contributed by atoms with van der Waals surface area (Å²) in [5.74, 6) is 1.36. The zero-order valence-electron chi connectivity index (χ0n) is 11.1. The van der Waals surface area contributed by atoms with E-state index in [1.165, 1.54) is 13.2 Å². The van der Waals surface area contributed by atoms with Gasteiger partial charge in [0.2, 0.25) is 0 Å². The average molecular weight is 264 g/mol. The second-order valence-corrected chi connectivity index (χ2v) is 4.25. The van der Waals surface area contributed by atoms with E-state index in [4.69, 9.17) is 10.5 Å². The van der Waals surface area contributed by atoms with Crippen molar-refractivity contribution < 1.29 is 9.13 Å². The molecule has 1 heterocycles. The Morgan fingerprint density at radius 3 is 2.84 bits per heavy atom. The third-order valence-corrected chi connectivity index (χ3v) is 2.84. The predicted molar refractivity (Wildman–Crippen MR) is 69.5 cm³/mol. The van der Waals surface area contributed by atoms with Gasteiger partial charge in [-0.2, -0.15) is 5.10 Å². The highest BCUT2D eigenvalue weighted by atomic mass is 19.1. The fourth-order valence-corrected chi connectivity index (χ4v) is 1.90. The van der Waals surface area contributed by atoms with Crippen LogP contribution in [0.1, 0.15) is 17.2 Å². The van der Waals surface area contributed by atoms with Crippen LogP contribution >= 0.6 is 0 Å². The molecule has 0 aliphatic carbocycles. The number of hydrogen-bond donors (Lipinski definition) is 1. The summed E-state index contributed by atoms with van der Waals surface area (Å²) in [4.78, 5) is 4.39. The Balaban J connectivity index is 2.16. The van der Waals surface area contributed by atoms with E-state index in [2.05, 4.69) is 10.1 Å². The number of nitrogens with zero attached hydrogens (tertiary/aromatic N) is 3. The number of methoxy groups -OCH3 is 1. The molecule has 0 atom stereocenters. The fourth-order valence-electron chi connectivity index (χ4n) is 1.90. The lowest BCUT2D eigenvalue weighted by molar-refractivity contribution is 0.386. The molecule has 6 heteroatoms. The Bertz CT molecular complexity index is 568. The molecule has 0 fully saturated rings. The van der Waals surface area contributed by atoms with Gasteiger partial charge in [-0.1, -0.05) is 6.07 Å². The Hall–Kier alpha value is -1.95. The Morgan fingerprint density at radius 1 is 1.42 bits per heavy atom. The zero-order valence-corrected chi connectivity index (χ0v) is 11.1. The minimum atomic E-state index is -0.377. The molecule has 0 radical (unpaired) electrons. The van der Waals surface area contributed by atoms with Gasteiger partial charge in [-0.3, -0.25) is 4.68 Å². The molecule has 0 spiro atoms. The molecule has 102 valence electrons. The van der Waals surface area contributed by atoms with Crippen molar-refractivity contribution in [2.75, 3.05) is 13.7 Å². The Labute approximate surface area is 111 Å². The molecule has 0 saturated carbocycles. The van der Waals surface area contributed by atoms with Crippen molar-refractivity contribution in [3.8, 4) is 5.75 Å². The van der Waals surface area contributed by atoms with Gasteiger partial charge in [0.25, 0.3) is 0 Å². The van der Waals surface area contributed by atoms with Crippen molar-refractivity contribution in [3.05, 3.63) is 41.2 Å². The number of aryl methyl sites for hydroxylation is 1. The Kier molecular flexibility index (Phi) is 4.11. The maximum atomic E-state index is 13.6. The largest absolute Gasteiger partial charge is 0.494 e. The first kappa shape index (κ1) is 13.5. The predicted octanol–water partition coefficient (Wildman–Crippen LogP) is 1.05. The lowest BCUT2D eigenvalue weighted by atomic mass is 10.1. The summed E-state index contributed by atoms with van der Waals surface area (Å²) >= 11 is 0. The first-order valence-corrected chi connectivity index (χ1v) is 6.05. The van der Waals surface area contributed by atoms with Gasteiger partial charge in [0.15, 0.2) is 17.4 Å². The molecule has 0 saturated heterocycles. The highest BCUT2D eigenvalue weighted by Crippen LogP contribution is 2.19. The molecule has 1 aromatic heterocycles. The minimum Gasteiger partial charge on any atom is -0.494 e. The number of hydrogen-bond acceptors (Lipinski definition) is 4. The van der Waals surface area contributed by atoms with E-state index in [0.29, 0.717) is 25.2 Å². The van der Waals surface area contributed by atoms with Crippen molar-refractivity contribution in [1.29, 1.82) is 0 Å². The van der Waals surface area contributed by atoms with E-state index >= 15 is 0 Å². The van der Waals surface area contributed by atoms with Crippen molar-refractivity contribution in [3.63, 3.8) is 0 Å². The average Bonchev–Trinajstić information content (AvgIpc) is 2.70. The van der Waals surface area contributed by atoms with Crippen molar-refractivity contribution in [1.82, 2.24) is 14.8 Å². The molecular formula is C13H17FN4O. The van der Waals surface area contributed by atoms with Crippen LogP contribution < -0.4 is 10.5 Å². The van der Waals surface area contributed by atoms with Crippen LogP contribution in [0.25, 0.3) is 0 Å². The van der Waals surface area contributed by atoms with Gasteiger partial charge < -0.3 is 10.5 Å². The molecule has 19 heavy (non-hydrogen) atoms. The van der Waals surface area contributed by atoms with Crippen LogP contribution in [-0.2, 0) is 19.9 Å². The van der Waals surface area contributed by atoms with Crippen LogP contribution in [0.2, 0.25) is 0 Å². The third kappa shape index (κ3) is 3.08. The van der Waals surface area contributed by atoms with Gasteiger partial charge in [-0.25, -0.2) is 9.37 Å². The Morgan fingerprint density at radius 2 is 2.21 bits per heavy atom. The standard InChI is InChI=1S/C13H17FN4O/c1-18-13(5-6-15)16-12(17-18)8-9-3-4-11(19-2)10(14)7-9/h3-4,7H,5-6,8,15H2,1-2H3. The summed E-state index contributed by atoms with van der Waals surface area (Å²) in [6.45, 7) is 0.531. The summed E-state index contributed by atoms with van der Waals surface area (Å²) in [6.07, 6.45) is 1.17. The van der Waals surface area contributed by atoms with Gasteiger partial charge >= 0.3 is 0 Å². The van der Waals surface area contributed by atoms with Crippen molar-refractivity contribution in [2.24, 2.45) is 12.8 Å². The van der Waals surface area contributed by atoms with E-state index in [1.54, 1.807) is 16.8 Å². The van der Waals surface area contributed by atoms with Gasteiger partial charge in [0.05, 0.1) is 7.11 Å². The van der Waals surface area contributed by atoms with Gasteiger partial charge in [-0.15, -0.1) is 0 Å². The lowest BCUT2D eigenvalue weighted by Gasteiger charge is -2.03. The maximum Gasteiger partial charge on any atom is 0.165 e. The molecule has 0 aliphatic heterocycles. The van der Waals surface area contributed by atoms with Crippen LogP contribution in [0.4, 0.5) is 4.39 Å². The summed E-state index contributed by atoms with van der Waals surface area (Å²) < 4.78 is 20.2. The number of halogens is 1. The highest BCUT2D eigenvalue weighted by Gasteiger charge is 2.09. The molecule has 5 nitrogen and oxygen atoms in total. The highest BCUT2D eigenvalue weighted by molar-refractivity contribution is 5.30. The van der Waals surface area contributed by atoms with Crippen LogP contribution in [0.3, 0.4) is 0 Å². The first-order valence-electron chi connectivity index (χ1n) is 6.05. The minimum absolute atomic E-state index is 0.238. The van der Waals surface area contributed by atoms with Crippen molar-refractivity contribution >= 4 is 0 Å². The lowest BCUT2D eigenvalue weighted by Crippen LogP contribution is -2.08. The van der Waals surface area contributed by atoms with Gasteiger partial charge in [0.1, 0.15) is 5.82 Å². The summed E-state index contributed by atoms with van der Waals surface area (Å²) in [6, 6.07) is 4.85. The van der Waals surface area contributed by atoms with Crippen molar-refractivity contribution in [2.45, 2.75) is 12.8 Å². The van der Waals surface area contributed by atoms with Gasteiger partial charge in [-0.05, 0) is 24.2 Å². The number of rotatable bonds is 5. The third-order valence-electron chi connectivity index (χ3n) is 2.84. The quantitative estimate of drug-likeness (QED) is 0.876. The zero-order chi connectivity index (χ0) is 13.8. The second kappa shape index (κ2) is 5.79. The fraction of sp³-hybridized carbons (Fsp3) is 0.385. The van der Waals surface area contributed by atoms with Crippen LogP contribution in [-0.4, -0.2) is 28.4 Å². The number of ether oxygens (including phenoxy) is 1. The number of nitrogens with two attached hydrogens (primary N) is 1. The number of benzene rings is 1. The van der Waals surface area contributed by atoms with Gasteiger partial charge in [0, 0.05) is 19.9 Å². The topological polar surface area (TPSA) is 66.0 Å². The molecule has 2 rings (SSSR count). The van der Waals surface area contributed by atoms with E-state index in [0.717, 1.165) is 11.4 Å². The summed E-state index contributed by atoms with van der Waals surface area (Å²) in [7, 11) is 3.27. The molecule has 2 aromatic rings.